The van der Waals surface area contributed by atoms with Gasteiger partial charge in [-0.25, -0.2) is 4.98 Å². The van der Waals surface area contributed by atoms with E-state index in [0.29, 0.717) is 6.61 Å². The maximum absolute atomic E-state index is 5.05. The molecule has 4 nitrogen and oxygen atoms in total. The predicted molar refractivity (Wildman–Crippen MR) is 78.3 cm³/mol. The van der Waals surface area contributed by atoms with E-state index < -0.39 is 0 Å². The minimum Gasteiger partial charge on any atom is -0.383 e. The van der Waals surface area contributed by atoms with Gasteiger partial charge < -0.3 is 14.6 Å². The van der Waals surface area contributed by atoms with E-state index in [1.807, 2.05) is 6.20 Å². The summed E-state index contributed by atoms with van der Waals surface area (Å²) in [6.07, 6.45) is 10.9. The van der Waals surface area contributed by atoms with Crippen LogP contribution < -0.4 is 5.32 Å². The molecule has 2 atom stereocenters. The van der Waals surface area contributed by atoms with Gasteiger partial charge in [-0.15, -0.1) is 0 Å². The monoisotopic (exact) mass is 265 g/mol. The molecule has 19 heavy (non-hydrogen) atoms. The number of rotatable bonds is 7. The van der Waals surface area contributed by atoms with E-state index in [0.717, 1.165) is 30.9 Å². The molecule has 1 N–H and O–H groups in total. The third-order valence-electron chi connectivity index (χ3n) is 4.13. The summed E-state index contributed by atoms with van der Waals surface area (Å²) in [5.41, 5.74) is 0. The average molecular weight is 265 g/mol. The number of methoxy groups -OCH3 is 1. The molecular weight excluding hydrogens is 238 g/mol. The standard InChI is InChI=1S/C15H27N3O/c1-13-4-3-5-14(12-13)6-9-18-10-7-16-15(18)17-8-11-19-2/h7,10,13-14H,3-6,8-9,11-12H2,1-2H3,(H,16,17). The van der Waals surface area contributed by atoms with E-state index in [4.69, 9.17) is 4.74 Å². The van der Waals surface area contributed by atoms with Gasteiger partial charge in [0.15, 0.2) is 0 Å². The van der Waals surface area contributed by atoms with Gasteiger partial charge in [-0.2, -0.15) is 0 Å². The SMILES string of the molecule is COCCNc1nccn1CCC1CCCC(C)C1. The van der Waals surface area contributed by atoms with Crippen LogP contribution in [0.15, 0.2) is 12.4 Å². The lowest BCUT2D eigenvalue weighted by atomic mass is 9.81. The van der Waals surface area contributed by atoms with E-state index in [-0.39, 0.29) is 0 Å². The van der Waals surface area contributed by atoms with Crippen molar-refractivity contribution in [3.05, 3.63) is 12.4 Å². The lowest BCUT2D eigenvalue weighted by Crippen LogP contribution is -2.17. The van der Waals surface area contributed by atoms with Crippen molar-refractivity contribution in [3.63, 3.8) is 0 Å². The summed E-state index contributed by atoms with van der Waals surface area (Å²) in [7, 11) is 1.72. The first kappa shape index (κ1) is 14.4. The molecular formula is C15H27N3O. The fourth-order valence-electron chi connectivity index (χ4n) is 3.07. The molecule has 0 bridgehead atoms. The second-order valence-corrected chi connectivity index (χ2v) is 5.79. The van der Waals surface area contributed by atoms with Gasteiger partial charge in [0.1, 0.15) is 0 Å². The molecule has 108 valence electrons. The molecule has 1 aromatic heterocycles. The van der Waals surface area contributed by atoms with E-state index in [9.17, 15) is 0 Å². The molecule has 0 aliphatic heterocycles. The number of nitrogens with zero attached hydrogens (tertiary/aromatic N) is 2. The van der Waals surface area contributed by atoms with Crippen LogP contribution >= 0.6 is 0 Å². The first-order valence-electron chi connectivity index (χ1n) is 7.53. The second-order valence-electron chi connectivity index (χ2n) is 5.79. The number of hydrogen-bond acceptors (Lipinski definition) is 3. The van der Waals surface area contributed by atoms with Crippen molar-refractivity contribution in [2.75, 3.05) is 25.6 Å². The maximum Gasteiger partial charge on any atom is 0.202 e. The lowest BCUT2D eigenvalue weighted by Gasteiger charge is -2.26. The molecule has 0 spiro atoms. The largest absolute Gasteiger partial charge is 0.383 e. The summed E-state index contributed by atoms with van der Waals surface area (Å²) in [5, 5.41) is 3.32. The highest BCUT2D eigenvalue weighted by atomic mass is 16.5. The zero-order valence-corrected chi connectivity index (χ0v) is 12.3. The highest BCUT2D eigenvalue weighted by molar-refractivity contribution is 5.25. The molecule has 2 unspecified atom stereocenters. The number of ether oxygens (including phenoxy) is 1. The Morgan fingerprint density at radius 2 is 2.37 bits per heavy atom. The normalized spacial score (nSPS) is 23.5. The van der Waals surface area contributed by atoms with E-state index in [1.54, 1.807) is 7.11 Å². The molecule has 1 saturated carbocycles. The number of anilines is 1. The van der Waals surface area contributed by atoms with Crippen LogP contribution in [0.2, 0.25) is 0 Å². The Kier molecular flexibility index (Phi) is 5.70. The smallest absolute Gasteiger partial charge is 0.202 e. The van der Waals surface area contributed by atoms with E-state index >= 15 is 0 Å². The number of aromatic nitrogens is 2. The van der Waals surface area contributed by atoms with Gasteiger partial charge in [-0.3, -0.25) is 0 Å². The molecule has 1 heterocycles. The van der Waals surface area contributed by atoms with Gasteiger partial charge in [-0.05, 0) is 24.7 Å². The van der Waals surface area contributed by atoms with Gasteiger partial charge in [-0.1, -0.05) is 26.2 Å². The van der Waals surface area contributed by atoms with E-state index in [1.165, 1.54) is 32.1 Å². The van der Waals surface area contributed by atoms with Crippen LogP contribution in [0.1, 0.15) is 39.0 Å². The van der Waals surface area contributed by atoms with Crippen LogP contribution in [0, 0.1) is 11.8 Å². The van der Waals surface area contributed by atoms with Crippen molar-refractivity contribution in [1.29, 1.82) is 0 Å². The van der Waals surface area contributed by atoms with Crippen molar-refractivity contribution in [1.82, 2.24) is 9.55 Å². The summed E-state index contributed by atoms with van der Waals surface area (Å²) >= 11 is 0. The Labute approximate surface area is 116 Å². The van der Waals surface area contributed by atoms with Crippen LogP contribution in [-0.4, -0.2) is 29.8 Å². The quantitative estimate of drug-likeness (QED) is 0.770. The van der Waals surface area contributed by atoms with Gasteiger partial charge in [0.05, 0.1) is 6.61 Å². The minimum atomic E-state index is 0.715. The van der Waals surface area contributed by atoms with Gasteiger partial charge in [0, 0.05) is 32.6 Å². The third-order valence-corrected chi connectivity index (χ3v) is 4.13. The Balaban J connectivity index is 1.77. The third kappa shape index (κ3) is 4.53. The topological polar surface area (TPSA) is 39.1 Å². The first-order valence-corrected chi connectivity index (χ1v) is 7.53. The number of nitrogens with one attached hydrogen (secondary N) is 1. The predicted octanol–water partition coefficient (Wildman–Crippen LogP) is 3.16. The summed E-state index contributed by atoms with van der Waals surface area (Å²) in [6.45, 7) is 4.99. The Morgan fingerprint density at radius 1 is 1.47 bits per heavy atom. The minimum absolute atomic E-state index is 0.715. The highest BCUT2D eigenvalue weighted by Crippen LogP contribution is 2.31. The molecule has 0 saturated heterocycles. The number of imidazole rings is 1. The maximum atomic E-state index is 5.05. The molecule has 1 fully saturated rings. The summed E-state index contributed by atoms with van der Waals surface area (Å²) in [6, 6.07) is 0. The van der Waals surface area contributed by atoms with Crippen molar-refractivity contribution in [3.8, 4) is 0 Å². The Hall–Kier alpha value is -1.03. The highest BCUT2D eigenvalue weighted by Gasteiger charge is 2.18. The second kappa shape index (κ2) is 7.53. The van der Waals surface area contributed by atoms with Crippen molar-refractivity contribution >= 4 is 5.95 Å². The Morgan fingerprint density at radius 3 is 3.16 bits per heavy atom. The first-order chi connectivity index (χ1) is 9.29. The molecule has 0 radical (unpaired) electrons. The molecule has 1 aliphatic carbocycles. The summed E-state index contributed by atoms with van der Waals surface area (Å²) in [5.74, 6) is 2.79. The molecule has 0 aromatic carbocycles. The van der Waals surface area contributed by atoms with Gasteiger partial charge in [0.25, 0.3) is 0 Å². The lowest BCUT2D eigenvalue weighted by molar-refractivity contribution is 0.210. The van der Waals surface area contributed by atoms with Crippen molar-refractivity contribution < 1.29 is 4.74 Å². The summed E-state index contributed by atoms with van der Waals surface area (Å²) < 4.78 is 7.28. The molecule has 1 aliphatic rings. The van der Waals surface area contributed by atoms with E-state index in [2.05, 4.69) is 28.0 Å². The number of aryl methyl sites for hydroxylation is 1. The molecule has 2 rings (SSSR count). The fourth-order valence-corrected chi connectivity index (χ4v) is 3.07. The zero-order chi connectivity index (χ0) is 13.5. The van der Waals surface area contributed by atoms with Crippen LogP contribution in [0.5, 0.6) is 0 Å². The number of hydrogen-bond donors (Lipinski definition) is 1. The Bertz CT molecular complexity index is 364. The zero-order valence-electron chi connectivity index (χ0n) is 12.3. The summed E-state index contributed by atoms with van der Waals surface area (Å²) in [4.78, 5) is 4.36. The molecule has 4 heteroatoms. The molecule has 0 amide bonds. The molecule has 1 aromatic rings. The van der Waals surface area contributed by atoms with Gasteiger partial charge >= 0.3 is 0 Å². The average Bonchev–Trinajstić information content (AvgIpc) is 2.84. The van der Waals surface area contributed by atoms with Crippen LogP contribution in [0.3, 0.4) is 0 Å². The fraction of sp³-hybridized carbons (Fsp3) is 0.800. The van der Waals surface area contributed by atoms with Crippen molar-refractivity contribution in [2.45, 2.75) is 45.6 Å². The van der Waals surface area contributed by atoms with Crippen LogP contribution in [-0.2, 0) is 11.3 Å². The van der Waals surface area contributed by atoms with Gasteiger partial charge in [0.2, 0.25) is 5.95 Å². The van der Waals surface area contributed by atoms with Crippen LogP contribution in [0.4, 0.5) is 5.95 Å². The van der Waals surface area contributed by atoms with Crippen LogP contribution in [0.25, 0.3) is 0 Å². The van der Waals surface area contributed by atoms with Crippen molar-refractivity contribution in [2.24, 2.45) is 11.8 Å².